The Bertz CT molecular complexity index is 336. The highest BCUT2D eigenvalue weighted by atomic mass is 32.1. The van der Waals surface area contributed by atoms with Gasteiger partial charge in [0.2, 0.25) is 0 Å². The first-order valence-electron chi connectivity index (χ1n) is 6.54. The number of likely N-dealkylation sites (N-methyl/N-ethyl adjacent to an activating group) is 1. The standard InChI is InChI=1S/C14H26N2OS/c1-11(2)15-8-13-6-7-14(18-13)10-17-12(3)9-16(4)5/h6-7,11-12,15H,8-10H2,1-5H3. The molecule has 1 N–H and O–H groups in total. The van der Waals surface area contributed by atoms with Crippen LogP contribution < -0.4 is 5.32 Å². The normalized spacial score (nSPS) is 13.5. The van der Waals surface area contributed by atoms with Crippen molar-refractivity contribution in [3.8, 4) is 0 Å². The zero-order valence-corrected chi connectivity index (χ0v) is 13.0. The van der Waals surface area contributed by atoms with Crippen LogP contribution in [0, 0.1) is 0 Å². The molecule has 0 aliphatic heterocycles. The van der Waals surface area contributed by atoms with Crippen molar-refractivity contribution in [3.05, 3.63) is 21.9 Å². The first-order valence-corrected chi connectivity index (χ1v) is 7.36. The fourth-order valence-electron chi connectivity index (χ4n) is 1.69. The Balaban J connectivity index is 2.30. The second kappa shape index (κ2) is 7.89. The fourth-order valence-corrected chi connectivity index (χ4v) is 2.58. The third-order valence-corrected chi connectivity index (χ3v) is 3.59. The minimum absolute atomic E-state index is 0.277. The first kappa shape index (κ1) is 15.6. The van der Waals surface area contributed by atoms with E-state index in [4.69, 9.17) is 4.74 Å². The van der Waals surface area contributed by atoms with Crippen LogP contribution in [0.2, 0.25) is 0 Å². The molecular weight excluding hydrogens is 244 g/mol. The number of nitrogens with zero attached hydrogens (tertiary/aromatic N) is 1. The molecule has 1 heterocycles. The van der Waals surface area contributed by atoms with Crippen molar-refractivity contribution >= 4 is 11.3 Å². The average molecular weight is 270 g/mol. The Morgan fingerprint density at radius 1 is 1.22 bits per heavy atom. The van der Waals surface area contributed by atoms with E-state index in [0.717, 1.165) is 19.7 Å². The van der Waals surface area contributed by atoms with Gasteiger partial charge >= 0.3 is 0 Å². The first-order chi connectivity index (χ1) is 8.47. The molecule has 3 nitrogen and oxygen atoms in total. The van der Waals surface area contributed by atoms with E-state index in [0.29, 0.717) is 6.04 Å². The predicted molar refractivity (Wildman–Crippen MR) is 79.1 cm³/mol. The van der Waals surface area contributed by atoms with Gasteiger partial charge in [0.15, 0.2) is 0 Å². The summed E-state index contributed by atoms with van der Waals surface area (Å²) in [6.45, 7) is 9.10. The largest absolute Gasteiger partial charge is 0.372 e. The third kappa shape index (κ3) is 6.50. The summed E-state index contributed by atoms with van der Waals surface area (Å²) in [5, 5.41) is 3.43. The van der Waals surface area contributed by atoms with Gasteiger partial charge in [0, 0.05) is 28.9 Å². The van der Waals surface area contributed by atoms with Gasteiger partial charge in [-0.15, -0.1) is 11.3 Å². The number of thiophene rings is 1. The Kier molecular flexibility index (Phi) is 6.86. The van der Waals surface area contributed by atoms with Gasteiger partial charge in [-0.2, -0.15) is 0 Å². The lowest BCUT2D eigenvalue weighted by atomic mass is 10.3. The minimum Gasteiger partial charge on any atom is -0.372 e. The van der Waals surface area contributed by atoms with Crippen LogP contribution in [0.3, 0.4) is 0 Å². The van der Waals surface area contributed by atoms with E-state index in [1.807, 2.05) is 11.3 Å². The van der Waals surface area contributed by atoms with Crippen LogP contribution in [-0.4, -0.2) is 37.7 Å². The lowest BCUT2D eigenvalue weighted by Crippen LogP contribution is -2.25. The molecule has 18 heavy (non-hydrogen) atoms. The summed E-state index contributed by atoms with van der Waals surface area (Å²) in [5.41, 5.74) is 0. The molecule has 0 saturated heterocycles. The van der Waals surface area contributed by atoms with Gasteiger partial charge in [0.25, 0.3) is 0 Å². The topological polar surface area (TPSA) is 24.5 Å². The number of hydrogen-bond donors (Lipinski definition) is 1. The smallest absolute Gasteiger partial charge is 0.0813 e. The van der Waals surface area contributed by atoms with E-state index in [-0.39, 0.29) is 6.10 Å². The number of nitrogens with one attached hydrogen (secondary N) is 1. The average Bonchev–Trinajstić information content (AvgIpc) is 2.70. The van der Waals surface area contributed by atoms with E-state index in [2.05, 4.69) is 57.2 Å². The second-order valence-corrected chi connectivity index (χ2v) is 6.54. The molecule has 1 rings (SSSR count). The van der Waals surface area contributed by atoms with E-state index in [1.165, 1.54) is 9.75 Å². The summed E-state index contributed by atoms with van der Waals surface area (Å²) in [5.74, 6) is 0. The van der Waals surface area contributed by atoms with Gasteiger partial charge in [-0.05, 0) is 33.2 Å². The molecule has 1 unspecified atom stereocenters. The van der Waals surface area contributed by atoms with Gasteiger partial charge in [0.1, 0.15) is 0 Å². The second-order valence-electron chi connectivity index (χ2n) is 5.29. The van der Waals surface area contributed by atoms with Crippen molar-refractivity contribution in [1.82, 2.24) is 10.2 Å². The molecule has 1 aromatic heterocycles. The molecule has 4 heteroatoms. The van der Waals surface area contributed by atoms with Crippen molar-refractivity contribution < 1.29 is 4.74 Å². The van der Waals surface area contributed by atoms with Crippen molar-refractivity contribution in [2.75, 3.05) is 20.6 Å². The van der Waals surface area contributed by atoms with Crippen LogP contribution in [0.4, 0.5) is 0 Å². The molecule has 0 saturated carbocycles. The molecule has 0 fully saturated rings. The lowest BCUT2D eigenvalue weighted by Gasteiger charge is -2.17. The zero-order chi connectivity index (χ0) is 13.5. The summed E-state index contributed by atoms with van der Waals surface area (Å²) in [6, 6.07) is 4.90. The Morgan fingerprint density at radius 2 is 1.89 bits per heavy atom. The monoisotopic (exact) mass is 270 g/mol. The van der Waals surface area contributed by atoms with Gasteiger partial charge in [0.05, 0.1) is 12.7 Å². The van der Waals surface area contributed by atoms with E-state index >= 15 is 0 Å². The Morgan fingerprint density at radius 3 is 2.50 bits per heavy atom. The van der Waals surface area contributed by atoms with Crippen LogP contribution >= 0.6 is 11.3 Å². The summed E-state index contributed by atoms with van der Waals surface area (Å²) >= 11 is 1.83. The van der Waals surface area contributed by atoms with E-state index in [9.17, 15) is 0 Å². The summed E-state index contributed by atoms with van der Waals surface area (Å²) in [4.78, 5) is 4.83. The van der Waals surface area contributed by atoms with Gasteiger partial charge in [-0.1, -0.05) is 13.8 Å². The van der Waals surface area contributed by atoms with Crippen molar-refractivity contribution in [2.24, 2.45) is 0 Å². The molecule has 0 spiro atoms. The van der Waals surface area contributed by atoms with Gasteiger partial charge in [-0.25, -0.2) is 0 Å². The molecule has 0 bridgehead atoms. The quantitative estimate of drug-likeness (QED) is 0.786. The van der Waals surface area contributed by atoms with Crippen LogP contribution in [0.1, 0.15) is 30.5 Å². The van der Waals surface area contributed by atoms with E-state index < -0.39 is 0 Å². The minimum atomic E-state index is 0.277. The highest BCUT2D eigenvalue weighted by Gasteiger charge is 2.06. The molecule has 0 aliphatic carbocycles. The van der Waals surface area contributed by atoms with Crippen LogP contribution in [0.25, 0.3) is 0 Å². The van der Waals surface area contributed by atoms with Gasteiger partial charge < -0.3 is 15.0 Å². The number of hydrogen-bond acceptors (Lipinski definition) is 4. The highest BCUT2D eigenvalue weighted by molar-refractivity contribution is 7.11. The lowest BCUT2D eigenvalue weighted by molar-refractivity contribution is 0.0379. The van der Waals surface area contributed by atoms with Crippen molar-refractivity contribution in [3.63, 3.8) is 0 Å². The van der Waals surface area contributed by atoms with Crippen LogP contribution in [0.5, 0.6) is 0 Å². The third-order valence-electron chi connectivity index (χ3n) is 2.53. The summed E-state index contributed by atoms with van der Waals surface area (Å²) < 4.78 is 5.83. The van der Waals surface area contributed by atoms with E-state index in [1.54, 1.807) is 0 Å². The molecule has 0 aliphatic rings. The van der Waals surface area contributed by atoms with Crippen molar-refractivity contribution in [2.45, 2.75) is 46.1 Å². The zero-order valence-electron chi connectivity index (χ0n) is 12.2. The number of rotatable bonds is 8. The Hall–Kier alpha value is -0.420. The molecule has 1 atom stereocenters. The maximum Gasteiger partial charge on any atom is 0.0813 e. The predicted octanol–water partition coefficient (Wildman–Crippen LogP) is 2.71. The van der Waals surface area contributed by atoms with Crippen LogP contribution in [-0.2, 0) is 17.9 Å². The maximum atomic E-state index is 5.83. The maximum absolute atomic E-state index is 5.83. The molecular formula is C14H26N2OS. The van der Waals surface area contributed by atoms with Crippen molar-refractivity contribution in [1.29, 1.82) is 0 Å². The number of ether oxygens (including phenoxy) is 1. The molecule has 1 aromatic rings. The molecule has 0 aromatic carbocycles. The molecule has 0 amide bonds. The SMILES string of the molecule is CC(C)NCc1ccc(COC(C)CN(C)C)s1. The van der Waals surface area contributed by atoms with Crippen LogP contribution in [0.15, 0.2) is 12.1 Å². The molecule has 0 radical (unpaired) electrons. The van der Waals surface area contributed by atoms with Gasteiger partial charge in [-0.3, -0.25) is 0 Å². The highest BCUT2D eigenvalue weighted by Crippen LogP contribution is 2.18. The summed E-state index contributed by atoms with van der Waals surface area (Å²) in [6.07, 6.45) is 0.277. The Labute approximate surface area is 115 Å². The summed E-state index contributed by atoms with van der Waals surface area (Å²) in [7, 11) is 4.14. The fraction of sp³-hybridized carbons (Fsp3) is 0.714. The molecule has 104 valence electrons.